The van der Waals surface area contributed by atoms with Gasteiger partial charge in [-0.25, -0.2) is 13.1 Å². The van der Waals surface area contributed by atoms with Gasteiger partial charge in [-0.05, 0) is 44.5 Å². The summed E-state index contributed by atoms with van der Waals surface area (Å²) in [7, 11) is -2.27. The first-order valence-corrected chi connectivity index (χ1v) is 8.28. The SMILES string of the molecule is COc1cc(C#N)ccc1S(=O)(=O)NC1CCNC(C)C1.Cl. The third kappa shape index (κ3) is 4.34. The topological polar surface area (TPSA) is 91.2 Å². The molecule has 1 fully saturated rings. The molecule has 1 aromatic carbocycles. The lowest BCUT2D eigenvalue weighted by Gasteiger charge is -2.28. The summed E-state index contributed by atoms with van der Waals surface area (Å²) in [4.78, 5) is 0.0650. The van der Waals surface area contributed by atoms with Gasteiger partial charge in [0.25, 0.3) is 0 Å². The fourth-order valence-corrected chi connectivity index (χ4v) is 3.92. The molecule has 0 radical (unpaired) electrons. The number of methoxy groups -OCH3 is 1. The van der Waals surface area contributed by atoms with Gasteiger partial charge in [0.1, 0.15) is 10.6 Å². The number of nitrogens with zero attached hydrogens (tertiary/aromatic N) is 1. The zero-order valence-electron chi connectivity index (χ0n) is 12.5. The predicted molar refractivity (Wildman–Crippen MR) is 85.8 cm³/mol. The van der Waals surface area contributed by atoms with E-state index in [0.29, 0.717) is 5.56 Å². The molecule has 122 valence electrons. The second kappa shape index (κ2) is 7.79. The van der Waals surface area contributed by atoms with E-state index in [2.05, 4.69) is 10.0 Å². The van der Waals surface area contributed by atoms with Crippen LogP contribution in [0.15, 0.2) is 23.1 Å². The van der Waals surface area contributed by atoms with E-state index < -0.39 is 10.0 Å². The smallest absolute Gasteiger partial charge is 0.244 e. The number of hydrogen-bond acceptors (Lipinski definition) is 5. The molecule has 0 bridgehead atoms. The highest BCUT2D eigenvalue weighted by Crippen LogP contribution is 2.25. The molecule has 1 aromatic rings. The summed E-state index contributed by atoms with van der Waals surface area (Å²) in [6, 6.07) is 6.47. The molecule has 0 aliphatic carbocycles. The number of sulfonamides is 1. The Morgan fingerprint density at radius 1 is 1.45 bits per heavy atom. The molecule has 1 aliphatic rings. The van der Waals surface area contributed by atoms with E-state index >= 15 is 0 Å². The Balaban J connectivity index is 0.00000242. The van der Waals surface area contributed by atoms with E-state index in [1.54, 1.807) is 0 Å². The van der Waals surface area contributed by atoms with E-state index in [0.717, 1.165) is 19.4 Å². The van der Waals surface area contributed by atoms with Crippen molar-refractivity contribution in [1.29, 1.82) is 5.26 Å². The number of piperidine rings is 1. The Labute approximate surface area is 137 Å². The summed E-state index contributed by atoms with van der Waals surface area (Å²) >= 11 is 0. The maximum absolute atomic E-state index is 12.5. The van der Waals surface area contributed by atoms with Gasteiger partial charge in [-0.15, -0.1) is 12.4 Å². The van der Waals surface area contributed by atoms with Gasteiger partial charge in [-0.1, -0.05) is 0 Å². The van der Waals surface area contributed by atoms with Crippen LogP contribution in [-0.2, 0) is 10.0 Å². The molecule has 1 aliphatic heterocycles. The van der Waals surface area contributed by atoms with Gasteiger partial charge in [-0.3, -0.25) is 0 Å². The number of nitriles is 1. The zero-order chi connectivity index (χ0) is 15.5. The average molecular weight is 346 g/mol. The van der Waals surface area contributed by atoms with Crippen LogP contribution in [0.1, 0.15) is 25.3 Å². The Bertz CT molecular complexity index is 658. The normalized spacial score (nSPS) is 21.5. The molecule has 6 nitrogen and oxygen atoms in total. The van der Waals surface area contributed by atoms with Gasteiger partial charge < -0.3 is 10.1 Å². The van der Waals surface area contributed by atoms with Gasteiger partial charge in [0.05, 0.1) is 18.7 Å². The molecular weight excluding hydrogens is 326 g/mol. The highest BCUT2D eigenvalue weighted by Gasteiger charge is 2.26. The molecule has 2 atom stereocenters. The molecule has 0 aromatic heterocycles. The van der Waals surface area contributed by atoms with Crippen molar-refractivity contribution < 1.29 is 13.2 Å². The van der Waals surface area contributed by atoms with Crippen molar-refractivity contribution in [3.05, 3.63) is 23.8 Å². The number of benzene rings is 1. The van der Waals surface area contributed by atoms with Crippen LogP contribution in [0.3, 0.4) is 0 Å². The highest BCUT2D eigenvalue weighted by molar-refractivity contribution is 7.89. The van der Waals surface area contributed by atoms with Crippen LogP contribution < -0.4 is 14.8 Å². The monoisotopic (exact) mass is 345 g/mol. The molecule has 1 saturated heterocycles. The molecule has 2 rings (SSSR count). The van der Waals surface area contributed by atoms with Gasteiger partial charge >= 0.3 is 0 Å². The largest absolute Gasteiger partial charge is 0.495 e. The maximum Gasteiger partial charge on any atom is 0.244 e. The third-order valence-electron chi connectivity index (χ3n) is 3.53. The third-order valence-corrected chi connectivity index (χ3v) is 5.09. The summed E-state index contributed by atoms with van der Waals surface area (Å²) in [5.41, 5.74) is 0.362. The zero-order valence-corrected chi connectivity index (χ0v) is 14.1. The lowest BCUT2D eigenvalue weighted by molar-refractivity contribution is 0.360. The van der Waals surface area contributed by atoms with E-state index in [9.17, 15) is 8.42 Å². The van der Waals surface area contributed by atoms with Crippen LogP contribution in [0.25, 0.3) is 0 Å². The molecule has 2 unspecified atom stereocenters. The molecule has 8 heteroatoms. The van der Waals surface area contributed by atoms with Crippen molar-refractivity contribution >= 4 is 22.4 Å². The number of nitrogens with one attached hydrogen (secondary N) is 2. The number of rotatable bonds is 4. The summed E-state index contributed by atoms with van der Waals surface area (Å²) in [5, 5.41) is 12.1. The molecule has 2 N–H and O–H groups in total. The fourth-order valence-electron chi connectivity index (χ4n) is 2.48. The van der Waals surface area contributed by atoms with Crippen LogP contribution in [-0.4, -0.2) is 34.2 Å². The molecule has 22 heavy (non-hydrogen) atoms. The van der Waals surface area contributed by atoms with E-state index in [1.165, 1.54) is 25.3 Å². The van der Waals surface area contributed by atoms with Crippen molar-refractivity contribution in [2.45, 2.75) is 36.7 Å². The minimum Gasteiger partial charge on any atom is -0.495 e. The first kappa shape index (κ1) is 18.7. The number of ether oxygens (including phenoxy) is 1. The molecule has 1 heterocycles. The average Bonchev–Trinajstić information content (AvgIpc) is 2.46. The quantitative estimate of drug-likeness (QED) is 0.860. The van der Waals surface area contributed by atoms with Crippen molar-refractivity contribution in [2.75, 3.05) is 13.7 Å². The van der Waals surface area contributed by atoms with Crippen LogP contribution in [0.4, 0.5) is 0 Å². The molecule has 0 amide bonds. The van der Waals surface area contributed by atoms with Crippen LogP contribution in [0, 0.1) is 11.3 Å². The van der Waals surface area contributed by atoms with Crippen molar-refractivity contribution in [2.24, 2.45) is 0 Å². The lowest BCUT2D eigenvalue weighted by Crippen LogP contribution is -2.46. The first-order chi connectivity index (χ1) is 9.96. The van der Waals surface area contributed by atoms with E-state index in [-0.39, 0.29) is 35.1 Å². The van der Waals surface area contributed by atoms with Gasteiger partial charge in [0.15, 0.2) is 0 Å². The molecular formula is C14H20ClN3O3S. The first-order valence-electron chi connectivity index (χ1n) is 6.80. The minimum absolute atomic E-state index is 0. The Morgan fingerprint density at radius 3 is 2.77 bits per heavy atom. The van der Waals surface area contributed by atoms with Crippen molar-refractivity contribution in [3.63, 3.8) is 0 Å². The maximum atomic E-state index is 12.5. The Morgan fingerprint density at radius 2 is 2.18 bits per heavy atom. The second-order valence-corrected chi connectivity index (χ2v) is 6.86. The van der Waals surface area contributed by atoms with Crippen molar-refractivity contribution in [1.82, 2.24) is 10.0 Å². The summed E-state index contributed by atoms with van der Waals surface area (Å²) in [6.45, 7) is 2.82. The number of halogens is 1. The van der Waals surface area contributed by atoms with E-state index in [4.69, 9.17) is 10.00 Å². The Kier molecular flexibility index (Phi) is 6.63. The van der Waals surface area contributed by atoms with E-state index in [1.807, 2.05) is 13.0 Å². The Hall–Kier alpha value is -1.33. The van der Waals surface area contributed by atoms with Crippen LogP contribution in [0.5, 0.6) is 5.75 Å². The predicted octanol–water partition coefficient (Wildman–Crippen LogP) is 1.41. The van der Waals surface area contributed by atoms with Crippen LogP contribution in [0.2, 0.25) is 0 Å². The van der Waals surface area contributed by atoms with Crippen molar-refractivity contribution in [3.8, 4) is 11.8 Å². The summed E-state index contributed by atoms with van der Waals surface area (Å²) < 4.78 is 32.8. The van der Waals surface area contributed by atoms with Gasteiger partial charge in [-0.2, -0.15) is 5.26 Å². The van der Waals surface area contributed by atoms with Gasteiger partial charge in [0.2, 0.25) is 10.0 Å². The molecule has 0 saturated carbocycles. The van der Waals surface area contributed by atoms with Crippen LogP contribution >= 0.6 is 12.4 Å². The second-order valence-electron chi connectivity index (χ2n) is 5.18. The fraction of sp³-hybridized carbons (Fsp3) is 0.500. The lowest BCUT2D eigenvalue weighted by atomic mass is 10.0. The molecule has 0 spiro atoms. The number of hydrogen-bond donors (Lipinski definition) is 2. The minimum atomic E-state index is -3.66. The standard InChI is InChI=1S/C14H19N3O3S.ClH/c1-10-7-12(5-6-16-10)17-21(18,19)14-4-3-11(9-15)8-13(14)20-2;/h3-4,8,10,12,16-17H,5-7H2,1-2H3;1H. The highest BCUT2D eigenvalue weighted by atomic mass is 35.5. The summed E-state index contributed by atoms with van der Waals surface area (Å²) in [6.07, 6.45) is 1.50. The summed E-state index contributed by atoms with van der Waals surface area (Å²) in [5.74, 6) is 0.184. The van der Waals surface area contributed by atoms with Gasteiger partial charge in [0, 0.05) is 12.1 Å².